The summed E-state index contributed by atoms with van der Waals surface area (Å²) in [5.41, 5.74) is 1.09. The number of anilines is 1. The molecule has 1 amide bonds. The van der Waals surface area contributed by atoms with Gasteiger partial charge in [-0.15, -0.1) is 0 Å². The summed E-state index contributed by atoms with van der Waals surface area (Å²) in [6.45, 7) is 3.99. The molecule has 0 saturated carbocycles. The number of nitrogens with zero attached hydrogens (tertiary/aromatic N) is 2. The number of esters is 1. The first kappa shape index (κ1) is 13.9. The molecular weight excluding hydrogens is 262 g/mol. The smallest absolute Gasteiger partial charge is 0.411 e. The molecule has 0 saturated heterocycles. The summed E-state index contributed by atoms with van der Waals surface area (Å²) in [4.78, 5) is 27.2. The predicted octanol–water partition coefficient (Wildman–Crippen LogP) is 2.08. The highest BCUT2D eigenvalue weighted by Gasteiger charge is 2.14. The van der Waals surface area contributed by atoms with Crippen LogP contribution < -0.4 is 5.32 Å². The van der Waals surface area contributed by atoms with Gasteiger partial charge in [0.2, 0.25) is 0 Å². The van der Waals surface area contributed by atoms with E-state index in [0.29, 0.717) is 11.3 Å². The number of hydrogen-bond acceptors (Lipinski definition) is 5. The molecule has 1 N–H and O–H groups in total. The van der Waals surface area contributed by atoms with Crippen LogP contribution in [0.3, 0.4) is 0 Å². The minimum Gasteiger partial charge on any atom is -0.461 e. The Morgan fingerprint density at radius 1 is 1.30 bits per heavy atom. The number of amides is 1. The highest BCUT2D eigenvalue weighted by Crippen LogP contribution is 2.17. The molecule has 2 rings (SSSR count). The number of hydrogen-bond donors (Lipinski definition) is 1. The Hall–Kier alpha value is -2.57. The first-order chi connectivity index (χ1) is 9.65. The number of pyridine rings is 1. The van der Waals surface area contributed by atoms with Crippen LogP contribution in [-0.2, 0) is 9.47 Å². The number of rotatable bonds is 4. The van der Waals surface area contributed by atoms with Gasteiger partial charge < -0.3 is 13.9 Å². The van der Waals surface area contributed by atoms with E-state index in [1.165, 1.54) is 0 Å². The summed E-state index contributed by atoms with van der Waals surface area (Å²) in [5.74, 6) is -0.502. The quantitative estimate of drug-likeness (QED) is 0.865. The molecule has 0 spiro atoms. The van der Waals surface area contributed by atoms with Crippen molar-refractivity contribution in [2.45, 2.75) is 13.8 Å². The topological polar surface area (TPSA) is 81.9 Å². The Morgan fingerprint density at radius 2 is 2.05 bits per heavy atom. The van der Waals surface area contributed by atoms with Crippen LogP contribution >= 0.6 is 0 Å². The molecule has 0 bridgehead atoms. The van der Waals surface area contributed by atoms with Crippen LogP contribution in [0.15, 0.2) is 24.5 Å². The zero-order valence-electron chi connectivity index (χ0n) is 11.3. The first-order valence-electron chi connectivity index (χ1n) is 6.24. The standard InChI is InChI=1S/C13H15N3O4/c1-3-19-12(17)10-8-16-7-5-6-9(11(16)14-10)15-13(18)20-4-2/h5-8H,3-4H2,1-2H3,(H,15,18). The van der Waals surface area contributed by atoms with Crippen LogP contribution in [0, 0.1) is 0 Å². The molecule has 7 nitrogen and oxygen atoms in total. The molecule has 0 fully saturated rings. The second-order valence-electron chi connectivity index (χ2n) is 3.84. The molecule has 2 aromatic rings. The maximum Gasteiger partial charge on any atom is 0.411 e. The summed E-state index contributed by atoms with van der Waals surface area (Å²) in [7, 11) is 0. The van der Waals surface area contributed by atoms with E-state index in [-0.39, 0.29) is 18.9 Å². The Morgan fingerprint density at radius 3 is 2.75 bits per heavy atom. The van der Waals surface area contributed by atoms with E-state index in [2.05, 4.69) is 10.3 Å². The number of carbonyl (C=O) groups is 2. The van der Waals surface area contributed by atoms with Gasteiger partial charge in [-0.1, -0.05) is 0 Å². The van der Waals surface area contributed by atoms with Gasteiger partial charge in [-0.3, -0.25) is 5.32 Å². The fourth-order valence-corrected chi connectivity index (χ4v) is 1.69. The van der Waals surface area contributed by atoms with E-state index in [4.69, 9.17) is 9.47 Å². The lowest BCUT2D eigenvalue weighted by molar-refractivity contribution is 0.0520. The van der Waals surface area contributed by atoms with Crippen molar-refractivity contribution in [3.05, 3.63) is 30.2 Å². The first-order valence-corrected chi connectivity index (χ1v) is 6.24. The molecule has 2 heterocycles. The molecule has 0 aromatic carbocycles. The van der Waals surface area contributed by atoms with Crippen LogP contribution in [0.2, 0.25) is 0 Å². The molecule has 20 heavy (non-hydrogen) atoms. The van der Waals surface area contributed by atoms with Gasteiger partial charge in [-0.25, -0.2) is 14.6 Å². The summed E-state index contributed by atoms with van der Waals surface area (Å²) in [5, 5.41) is 2.57. The summed E-state index contributed by atoms with van der Waals surface area (Å²) in [6, 6.07) is 3.40. The molecule has 0 aliphatic rings. The minimum absolute atomic E-state index is 0.185. The molecule has 0 aliphatic carbocycles. The third-order valence-corrected chi connectivity index (χ3v) is 2.48. The maximum absolute atomic E-state index is 11.6. The van der Waals surface area contributed by atoms with Gasteiger partial charge in [-0.2, -0.15) is 0 Å². The van der Waals surface area contributed by atoms with E-state index in [0.717, 1.165) is 0 Å². The Bertz CT molecular complexity index is 636. The molecule has 106 valence electrons. The van der Waals surface area contributed by atoms with Crippen molar-refractivity contribution in [1.29, 1.82) is 0 Å². The van der Waals surface area contributed by atoms with Crippen LogP contribution in [0.25, 0.3) is 5.65 Å². The van der Waals surface area contributed by atoms with Crippen LogP contribution in [0.1, 0.15) is 24.3 Å². The van der Waals surface area contributed by atoms with Crippen LogP contribution in [-0.4, -0.2) is 34.7 Å². The van der Waals surface area contributed by atoms with Crippen molar-refractivity contribution < 1.29 is 19.1 Å². The van der Waals surface area contributed by atoms with E-state index >= 15 is 0 Å². The molecular formula is C13H15N3O4. The maximum atomic E-state index is 11.6. The second-order valence-corrected chi connectivity index (χ2v) is 3.84. The summed E-state index contributed by atoms with van der Waals surface area (Å²) in [6.07, 6.45) is 2.70. The number of aromatic nitrogens is 2. The highest BCUT2D eigenvalue weighted by molar-refractivity contribution is 5.92. The fourth-order valence-electron chi connectivity index (χ4n) is 1.69. The fraction of sp³-hybridized carbons (Fsp3) is 0.308. The third kappa shape index (κ3) is 2.87. The zero-order valence-corrected chi connectivity index (χ0v) is 11.3. The molecule has 2 aromatic heterocycles. The average molecular weight is 277 g/mol. The van der Waals surface area contributed by atoms with Gasteiger partial charge in [0, 0.05) is 12.4 Å². The monoisotopic (exact) mass is 277 g/mol. The van der Waals surface area contributed by atoms with Crippen LogP contribution in [0.4, 0.5) is 10.5 Å². The van der Waals surface area contributed by atoms with Crippen molar-refractivity contribution in [2.24, 2.45) is 0 Å². The van der Waals surface area contributed by atoms with Crippen molar-refractivity contribution >= 4 is 23.4 Å². The van der Waals surface area contributed by atoms with Crippen molar-refractivity contribution in [3.8, 4) is 0 Å². The molecule has 0 aliphatic heterocycles. The number of ether oxygens (including phenoxy) is 2. The lowest BCUT2D eigenvalue weighted by Crippen LogP contribution is -2.14. The Balaban J connectivity index is 2.32. The van der Waals surface area contributed by atoms with Crippen molar-refractivity contribution in [2.75, 3.05) is 18.5 Å². The average Bonchev–Trinajstić information content (AvgIpc) is 2.84. The number of carbonyl (C=O) groups excluding carboxylic acids is 2. The molecule has 0 unspecified atom stereocenters. The Labute approximate surface area is 115 Å². The van der Waals surface area contributed by atoms with E-state index in [9.17, 15) is 9.59 Å². The summed E-state index contributed by atoms with van der Waals surface area (Å²) >= 11 is 0. The molecule has 7 heteroatoms. The number of imidazole rings is 1. The highest BCUT2D eigenvalue weighted by atomic mass is 16.5. The van der Waals surface area contributed by atoms with Gasteiger partial charge in [0.1, 0.15) is 0 Å². The number of nitrogens with one attached hydrogen (secondary N) is 1. The van der Waals surface area contributed by atoms with Crippen molar-refractivity contribution in [3.63, 3.8) is 0 Å². The third-order valence-electron chi connectivity index (χ3n) is 2.48. The van der Waals surface area contributed by atoms with E-state index in [1.807, 2.05) is 0 Å². The predicted molar refractivity (Wildman–Crippen MR) is 71.8 cm³/mol. The lowest BCUT2D eigenvalue weighted by Gasteiger charge is -2.05. The van der Waals surface area contributed by atoms with E-state index in [1.54, 1.807) is 42.8 Å². The minimum atomic E-state index is -0.568. The second kappa shape index (κ2) is 6.05. The van der Waals surface area contributed by atoms with Crippen molar-refractivity contribution in [1.82, 2.24) is 9.38 Å². The van der Waals surface area contributed by atoms with Gasteiger partial charge in [0.25, 0.3) is 0 Å². The van der Waals surface area contributed by atoms with Gasteiger partial charge in [0.15, 0.2) is 11.3 Å². The van der Waals surface area contributed by atoms with Gasteiger partial charge in [0.05, 0.1) is 18.9 Å². The number of fused-ring (bicyclic) bond motifs is 1. The van der Waals surface area contributed by atoms with Gasteiger partial charge >= 0.3 is 12.1 Å². The summed E-state index contributed by atoms with van der Waals surface area (Å²) < 4.78 is 11.3. The normalized spacial score (nSPS) is 10.3. The lowest BCUT2D eigenvalue weighted by atomic mass is 10.4. The van der Waals surface area contributed by atoms with E-state index < -0.39 is 12.1 Å². The zero-order chi connectivity index (χ0) is 14.5. The molecule has 0 radical (unpaired) electrons. The Kier molecular flexibility index (Phi) is 4.19. The SMILES string of the molecule is CCOC(=O)Nc1cccn2cc(C(=O)OCC)nc12. The molecule has 0 atom stereocenters. The largest absolute Gasteiger partial charge is 0.461 e. The van der Waals surface area contributed by atoms with Gasteiger partial charge in [-0.05, 0) is 26.0 Å². The van der Waals surface area contributed by atoms with Crippen LogP contribution in [0.5, 0.6) is 0 Å².